The van der Waals surface area contributed by atoms with Crippen molar-refractivity contribution in [3.63, 3.8) is 0 Å². The molecule has 1 aromatic heterocycles. The molecule has 2 heterocycles. The van der Waals surface area contributed by atoms with Gasteiger partial charge in [0, 0.05) is 6.54 Å². The molecule has 5 heteroatoms. The third-order valence-corrected chi connectivity index (χ3v) is 2.95. The zero-order chi connectivity index (χ0) is 11.1. The molecule has 16 heavy (non-hydrogen) atoms. The SMILES string of the molecule is [c]1nnc(NCCCCN2CCCCC2)o1. The van der Waals surface area contributed by atoms with Crippen LogP contribution in [0, 0.1) is 6.39 Å². The fraction of sp³-hybridized carbons (Fsp3) is 0.818. The van der Waals surface area contributed by atoms with Crippen molar-refractivity contribution < 1.29 is 4.42 Å². The second kappa shape index (κ2) is 6.48. The maximum Gasteiger partial charge on any atom is 0.315 e. The molecule has 0 bridgehead atoms. The van der Waals surface area contributed by atoms with Gasteiger partial charge in [-0.2, -0.15) is 0 Å². The first-order chi connectivity index (χ1) is 7.95. The lowest BCUT2D eigenvalue weighted by Gasteiger charge is -2.26. The van der Waals surface area contributed by atoms with E-state index in [1.807, 2.05) is 0 Å². The molecule has 0 saturated carbocycles. The fourth-order valence-electron chi connectivity index (χ4n) is 2.06. The predicted octanol–water partition coefficient (Wildman–Crippen LogP) is 1.55. The molecule has 1 aromatic rings. The Morgan fingerprint density at radius 3 is 2.88 bits per heavy atom. The van der Waals surface area contributed by atoms with Crippen LogP contribution in [0.3, 0.4) is 0 Å². The molecule has 5 nitrogen and oxygen atoms in total. The second-order valence-electron chi connectivity index (χ2n) is 4.23. The number of piperidine rings is 1. The first kappa shape index (κ1) is 11.4. The van der Waals surface area contributed by atoms with Crippen molar-refractivity contribution in [2.45, 2.75) is 32.1 Å². The minimum Gasteiger partial charge on any atom is -0.399 e. The van der Waals surface area contributed by atoms with Crippen LogP contribution in [0.25, 0.3) is 0 Å². The quantitative estimate of drug-likeness (QED) is 0.741. The van der Waals surface area contributed by atoms with E-state index < -0.39 is 0 Å². The van der Waals surface area contributed by atoms with Crippen LogP contribution in [-0.2, 0) is 0 Å². The van der Waals surface area contributed by atoms with Crippen molar-refractivity contribution in [2.24, 2.45) is 0 Å². The Kier molecular flexibility index (Phi) is 4.61. The van der Waals surface area contributed by atoms with Gasteiger partial charge in [0.1, 0.15) is 0 Å². The summed E-state index contributed by atoms with van der Waals surface area (Å²) in [7, 11) is 0. The molecule has 0 aromatic carbocycles. The van der Waals surface area contributed by atoms with Gasteiger partial charge in [0.05, 0.1) is 0 Å². The summed E-state index contributed by atoms with van der Waals surface area (Å²) in [6, 6.07) is 0.470. The van der Waals surface area contributed by atoms with Crippen LogP contribution >= 0.6 is 0 Å². The number of rotatable bonds is 6. The number of aromatic nitrogens is 2. The Labute approximate surface area is 96.2 Å². The number of nitrogens with one attached hydrogen (secondary N) is 1. The molecule has 0 aliphatic carbocycles. The molecule has 1 aliphatic heterocycles. The zero-order valence-corrected chi connectivity index (χ0v) is 9.61. The second-order valence-corrected chi connectivity index (χ2v) is 4.23. The van der Waals surface area contributed by atoms with Crippen molar-refractivity contribution in [2.75, 3.05) is 31.5 Å². The zero-order valence-electron chi connectivity index (χ0n) is 9.61. The van der Waals surface area contributed by atoms with E-state index in [9.17, 15) is 0 Å². The van der Waals surface area contributed by atoms with Gasteiger partial charge in [-0.3, -0.25) is 0 Å². The van der Waals surface area contributed by atoms with Crippen LogP contribution in [0.1, 0.15) is 32.1 Å². The Balaban J connectivity index is 1.48. The highest BCUT2D eigenvalue weighted by molar-refractivity contribution is 5.14. The van der Waals surface area contributed by atoms with Gasteiger partial charge in [-0.15, -0.1) is 5.10 Å². The Bertz CT molecular complexity index is 270. The maximum absolute atomic E-state index is 4.86. The van der Waals surface area contributed by atoms with Gasteiger partial charge >= 0.3 is 12.4 Å². The molecule has 1 aliphatic rings. The number of anilines is 1. The predicted molar refractivity (Wildman–Crippen MR) is 61.1 cm³/mol. The molecule has 2 rings (SSSR count). The van der Waals surface area contributed by atoms with Gasteiger partial charge in [0.2, 0.25) is 0 Å². The lowest BCUT2D eigenvalue weighted by Crippen LogP contribution is -2.30. The first-order valence-electron chi connectivity index (χ1n) is 6.11. The third kappa shape index (κ3) is 3.81. The van der Waals surface area contributed by atoms with Gasteiger partial charge in [-0.1, -0.05) is 11.5 Å². The van der Waals surface area contributed by atoms with Crippen LogP contribution in [0.15, 0.2) is 4.42 Å². The van der Waals surface area contributed by atoms with E-state index in [2.05, 4.69) is 26.8 Å². The van der Waals surface area contributed by atoms with Crippen molar-refractivity contribution in [1.29, 1.82) is 0 Å². The number of likely N-dealkylation sites (tertiary alicyclic amines) is 1. The minimum absolute atomic E-state index is 0.470. The molecule has 0 unspecified atom stereocenters. The van der Waals surface area contributed by atoms with E-state index in [-0.39, 0.29) is 0 Å². The fourth-order valence-corrected chi connectivity index (χ4v) is 2.06. The lowest BCUT2D eigenvalue weighted by atomic mass is 10.1. The highest BCUT2D eigenvalue weighted by atomic mass is 16.4. The van der Waals surface area contributed by atoms with E-state index in [4.69, 9.17) is 4.42 Å². The molecule has 1 saturated heterocycles. The summed E-state index contributed by atoms with van der Waals surface area (Å²) in [5.74, 6) is 0. The lowest BCUT2D eigenvalue weighted by molar-refractivity contribution is 0.225. The molecule has 89 valence electrons. The number of hydrogen-bond acceptors (Lipinski definition) is 5. The molecule has 0 amide bonds. The van der Waals surface area contributed by atoms with E-state index in [0.29, 0.717) is 6.01 Å². The van der Waals surface area contributed by atoms with Crippen molar-refractivity contribution in [3.05, 3.63) is 6.39 Å². The van der Waals surface area contributed by atoms with Crippen molar-refractivity contribution in [1.82, 2.24) is 15.1 Å². The van der Waals surface area contributed by atoms with Crippen molar-refractivity contribution >= 4 is 6.01 Å². The first-order valence-corrected chi connectivity index (χ1v) is 6.11. The summed E-state index contributed by atoms with van der Waals surface area (Å²) in [4.78, 5) is 2.56. The average molecular weight is 223 g/mol. The molecule has 0 atom stereocenters. The summed E-state index contributed by atoms with van der Waals surface area (Å²) < 4.78 is 4.86. The van der Waals surface area contributed by atoms with Crippen LogP contribution in [0.2, 0.25) is 0 Å². The molecule has 1 radical (unpaired) electrons. The van der Waals surface area contributed by atoms with Crippen LogP contribution in [0.5, 0.6) is 0 Å². The molecule has 0 spiro atoms. The largest absolute Gasteiger partial charge is 0.399 e. The van der Waals surface area contributed by atoms with Gasteiger partial charge in [0.15, 0.2) is 0 Å². The number of nitrogens with zero attached hydrogens (tertiary/aromatic N) is 3. The summed E-state index contributed by atoms with van der Waals surface area (Å²) in [6.07, 6.45) is 8.83. The van der Waals surface area contributed by atoms with Gasteiger partial charge < -0.3 is 14.6 Å². The highest BCUT2D eigenvalue weighted by Gasteiger charge is 2.08. The summed E-state index contributed by atoms with van der Waals surface area (Å²) in [5.41, 5.74) is 0. The topological polar surface area (TPSA) is 54.2 Å². The van der Waals surface area contributed by atoms with Crippen LogP contribution in [-0.4, -0.2) is 41.3 Å². The molecular weight excluding hydrogens is 204 g/mol. The highest BCUT2D eigenvalue weighted by Crippen LogP contribution is 2.09. The maximum atomic E-state index is 4.86. The van der Waals surface area contributed by atoms with Gasteiger partial charge in [0.25, 0.3) is 0 Å². The normalized spacial score (nSPS) is 17.5. The van der Waals surface area contributed by atoms with E-state index in [0.717, 1.165) is 13.0 Å². The standard InChI is InChI=1S/C11H19N4O/c1-3-7-15(8-4-1)9-5-2-6-12-11-14-13-10-16-11/h1-9H2,(H,12,14). The van der Waals surface area contributed by atoms with E-state index in [1.54, 1.807) is 0 Å². The monoisotopic (exact) mass is 223 g/mol. The van der Waals surface area contributed by atoms with E-state index >= 15 is 0 Å². The van der Waals surface area contributed by atoms with Crippen LogP contribution < -0.4 is 5.32 Å². The summed E-state index contributed by atoms with van der Waals surface area (Å²) >= 11 is 0. The smallest absolute Gasteiger partial charge is 0.315 e. The van der Waals surface area contributed by atoms with Gasteiger partial charge in [-0.25, -0.2) is 0 Å². The summed E-state index contributed by atoms with van der Waals surface area (Å²) in [5, 5.41) is 10.3. The Morgan fingerprint density at radius 2 is 2.12 bits per heavy atom. The summed E-state index contributed by atoms with van der Waals surface area (Å²) in [6.45, 7) is 4.68. The Hall–Kier alpha value is -1.10. The number of unbranched alkanes of at least 4 members (excludes halogenated alkanes) is 1. The molecular formula is C11H19N4O. The average Bonchev–Trinajstić information content (AvgIpc) is 2.83. The molecule has 1 N–H and O–H groups in total. The van der Waals surface area contributed by atoms with Gasteiger partial charge in [-0.05, 0) is 45.3 Å². The van der Waals surface area contributed by atoms with Crippen molar-refractivity contribution in [3.8, 4) is 0 Å². The van der Waals surface area contributed by atoms with Crippen LogP contribution in [0.4, 0.5) is 6.01 Å². The minimum atomic E-state index is 0.470. The third-order valence-electron chi connectivity index (χ3n) is 2.95. The molecule has 1 fully saturated rings. The Morgan fingerprint density at radius 1 is 1.25 bits per heavy atom. The van der Waals surface area contributed by atoms with E-state index in [1.165, 1.54) is 45.3 Å². The number of hydrogen-bond donors (Lipinski definition) is 1.